The van der Waals surface area contributed by atoms with Crippen LogP contribution in [0.1, 0.15) is 26.2 Å². The molecule has 2 rings (SSSR count). The Morgan fingerprint density at radius 1 is 1.40 bits per heavy atom. The maximum atomic E-state index is 10.1. The molecule has 0 radical (unpaired) electrons. The predicted octanol–water partition coefficient (Wildman–Crippen LogP) is 2.45. The average Bonchev–Trinajstić information content (AvgIpc) is 2.67. The summed E-state index contributed by atoms with van der Waals surface area (Å²) in [5.74, 6) is 0.907. The molecule has 1 unspecified atom stereocenters. The minimum Gasteiger partial charge on any atom is -0.491 e. The van der Waals surface area contributed by atoms with Gasteiger partial charge in [0.25, 0.3) is 0 Å². The lowest BCUT2D eigenvalue weighted by Gasteiger charge is -2.26. The van der Waals surface area contributed by atoms with Gasteiger partial charge in [0, 0.05) is 19.7 Å². The second-order valence-electron chi connectivity index (χ2n) is 5.20. The highest BCUT2D eigenvalue weighted by Crippen LogP contribution is 2.30. The number of anilines is 1. The van der Waals surface area contributed by atoms with Gasteiger partial charge in [-0.05, 0) is 25.0 Å². The van der Waals surface area contributed by atoms with E-state index < -0.39 is 6.10 Å². The van der Waals surface area contributed by atoms with Crippen LogP contribution in [0.25, 0.3) is 0 Å². The first kappa shape index (κ1) is 15.1. The van der Waals surface area contributed by atoms with Gasteiger partial charge in [-0.25, -0.2) is 0 Å². The molecule has 0 saturated carbocycles. The molecule has 1 aromatic rings. The standard InChI is InChI=1S/C16H25NO3/c1-2-3-10-19-13-14(18)12-17-9-6-11-20-16-8-5-4-7-15(16)17/h4-5,7-8,14,18H,2-3,6,9-13H2,1H3. The number of aliphatic hydroxyl groups excluding tert-OH is 1. The van der Waals surface area contributed by atoms with Gasteiger partial charge in [-0.2, -0.15) is 0 Å². The number of nitrogens with zero attached hydrogens (tertiary/aromatic N) is 1. The lowest BCUT2D eigenvalue weighted by molar-refractivity contribution is 0.0392. The van der Waals surface area contributed by atoms with Crippen LogP contribution in [-0.2, 0) is 4.74 Å². The molecule has 1 aliphatic rings. The van der Waals surface area contributed by atoms with Crippen molar-refractivity contribution in [3.05, 3.63) is 24.3 Å². The molecule has 4 heteroatoms. The molecule has 1 aliphatic heterocycles. The fourth-order valence-corrected chi connectivity index (χ4v) is 2.36. The molecular weight excluding hydrogens is 254 g/mol. The van der Waals surface area contributed by atoms with Gasteiger partial charge in [-0.1, -0.05) is 25.5 Å². The summed E-state index contributed by atoms with van der Waals surface area (Å²) in [6, 6.07) is 8.01. The minimum atomic E-state index is -0.460. The van der Waals surface area contributed by atoms with Crippen LogP contribution in [-0.4, -0.2) is 44.1 Å². The molecule has 0 fully saturated rings. The summed E-state index contributed by atoms with van der Waals surface area (Å²) in [4.78, 5) is 2.19. The second kappa shape index (κ2) is 8.12. The van der Waals surface area contributed by atoms with E-state index in [1.807, 2.05) is 24.3 Å². The van der Waals surface area contributed by atoms with Crippen LogP contribution < -0.4 is 9.64 Å². The number of hydrogen-bond acceptors (Lipinski definition) is 4. The van der Waals surface area contributed by atoms with Gasteiger partial charge in [0.15, 0.2) is 0 Å². The number of hydrogen-bond donors (Lipinski definition) is 1. The Morgan fingerprint density at radius 3 is 3.10 bits per heavy atom. The van der Waals surface area contributed by atoms with Crippen molar-refractivity contribution >= 4 is 5.69 Å². The van der Waals surface area contributed by atoms with Crippen LogP contribution in [0, 0.1) is 0 Å². The summed E-state index contributed by atoms with van der Waals surface area (Å²) in [5, 5.41) is 10.1. The third-order valence-corrected chi connectivity index (χ3v) is 3.42. The number of β-amino-alcohol motifs (C(OH)–C–C–N with tert-alkyl or cyclic N) is 1. The maximum Gasteiger partial charge on any atom is 0.142 e. The molecule has 1 heterocycles. The normalized spacial score (nSPS) is 16.2. The molecule has 0 bridgehead atoms. The number of fused-ring (bicyclic) bond motifs is 1. The molecule has 0 spiro atoms. The van der Waals surface area contributed by atoms with Crippen molar-refractivity contribution in [1.82, 2.24) is 0 Å². The van der Waals surface area contributed by atoms with Gasteiger partial charge in [0.2, 0.25) is 0 Å². The molecule has 20 heavy (non-hydrogen) atoms. The van der Waals surface area contributed by atoms with Crippen LogP contribution in [0.2, 0.25) is 0 Å². The van der Waals surface area contributed by atoms with Gasteiger partial charge in [0.05, 0.1) is 25.0 Å². The highest BCUT2D eigenvalue weighted by atomic mass is 16.5. The van der Waals surface area contributed by atoms with Crippen LogP contribution in [0.4, 0.5) is 5.69 Å². The molecule has 0 aliphatic carbocycles. The number of aliphatic hydroxyl groups is 1. The lowest BCUT2D eigenvalue weighted by Crippen LogP contribution is -2.35. The molecule has 1 N–H and O–H groups in total. The Balaban J connectivity index is 1.88. The molecule has 0 amide bonds. The van der Waals surface area contributed by atoms with Gasteiger partial charge in [0.1, 0.15) is 5.75 Å². The first-order valence-corrected chi connectivity index (χ1v) is 7.54. The first-order chi connectivity index (χ1) is 9.81. The Kier molecular flexibility index (Phi) is 6.15. The van der Waals surface area contributed by atoms with E-state index in [0.29, 0.717) is 13.2 Å². The summed E-state index contributed by atoms with van der Waals surface area (Å²) >= 11 is 0. The molecule has 112 valence electrons. The van der Waals surface area contributed by atoms with Gasteiger partial charge in [-0.3, -0.25) is 0 Å². The van der Waals surface area contributed by atoms with Crippen LogP contribution in [0.15, 0.2) is 24.3 Å². The molecular formula is C16H25NO3. The largest absolute Gasteiger partial charge is 0.491 e. The summed E-state index contributed by atoms with van der Waals surface area (Å²) < 4.78 is 11.2. The number of benzene rings is 1. The van der Waals surface area contributed by atoms with E-state index in [1.54, 1.807) is 0 Å². The smallest absolute Gasteiger partial charge is 0.142 e. The van der Waals surface area contributed by atoms with E-state index in [1.165, 1.54) is 0 Å². The number of unbranched alkanes of at least 4 members (excludes halogenated alkanes) is 1. The first-order valence-electron chi connectivity index (χ1n) is 7.54. The van der Waals surface area contributed by atoms with E-state index >= 15 is 0 Å². The third-order valence-electron chi connectivity index (χ3n) is 3.42. The molecule has 0 saturated heterocycles. The molecule has 0 aromatic heterocycles. The zero-order valence-corrected chi connectivity index (χ0v) is 12.3. The quantitative estimate of drug-likeness (QED) is 0.779. The van der Waals surface area contributed by atoms with E-state index in [2.05, 4.69) is 11.8 Å². The van der Waals surface area contributed by atoms with Crippen molar-refractivity contribution in [2.45, 2.75) is 32.3 Å². The molecule has 1 atom stereocenters. The Hall–Kier alpha value is -1.26. The van der Waals surface area contributed by atoms with Gasteiger partial charge < -0.3 is 19.5 Å². The fourth-order valence-electron chi connectivity index (χ4n) is 2.36. The van der Waals surface area contributed by atoms with E-state index in [9.17, 15) is 5.11 Å². The third kappa shape index (κ3) is 4.39. The van der Waals surface area contributed by atoms with E-state index in [-0.39, 0.29) is 0 Å². The predicted molar refractivity (Wildman–Crippen MR) is 80.5 cm³/mol. The van der Waals surface area contributed by atoms with Crippen molar-refractivity contribution in [3.63, 3.8) is 0 Å². The minimum absolute atomic E-state index is 0.402. The topological polar surface area (TPSA) is 41.9 Å². The Morgan fingerprint density at radius 2 is 2.25 bits per heavy atom. The monoisotopic (exact) mass is 279 g/mol. The van der Waals surface area contributed by atoms with E-state index in [4.69, 9.17) is 9.47 Å². The van der Waals surface area contributed by atoms with Crippen LogP contribution in [0.5, 0.6) is 5.75 Å². The second-order valence-corrected chi connectivity index (χ2v) is 5.20. The number of rotatable bonds is 7. The zero-order chi connectivity index (χ0) is 14.2. The Labute approximate surface area is 121 Å². The van der Waals surface area contributed by atoms with Crippen molar-refractivity contribution in [3.8, 4) is 5.75 Å². The molecule has 1 aromatic carbocycles. The summed E-state index contributed by atoms with van der Waals surface area (Å²) in [5.41, 5.74) is 1.07. The summed E-state index contributed by atoms with van der Waals surface area (Å²) in [6.07, 6.45) is 2.68. The van der Waals surface area contributed by atoms with Crippen LogP contribution in [0.3, 0.4) is 0 Å². The molecule has 4 nitrogen and oxygen atoms in total. The number of para-hydroxylation sites is 2. The van der Waals surface area contributed by atoms with Crippen LogP contribution >= 0.6 is 0 Å². The van der Waals surface area contributed by atoms with E-state index in [0.717, 1.165) is 50.5 Å². The highest BCUT2D eigenvalue weighted by molar-refractivity contribution is 5.59. The zero-order valence-electron chi connectivity index (χ0n) is 12.3. The van der Waals surface area contributed by atoms with Gasteiger partial charge >= 0.3 is 0 Å². The SMILES string of the molecule is CCCCOCC(O)CN1CCCOc2ccccc21. The summed E-state index contributed by atoms with van der Waals surface area (Å²) in [6.45, 7) is 5.49. The average molecular weight is 279 g/mol. The Bertz CT molecular complexity index is 397. The van der Waals surface area contributed by atoms with Crippen molar-refractivity contribution < 1.29 is 14.6 Å². The van der Waals surface area contributed by atoms with Crippen molar-refractivity contribution in [1.29, 1.82) is 0 Å². The van der Waals surface area contributed by atoms with Crippen molar-refractivity contribution in [2.75, 3.05) is 37.8 Å². The van der Waals surface area contributed by atoms with Gasteiger partial charge in [-0.15, -0.1) is 0 Å². The lowest BCUT2D eigenvalue weighted by atomic mass is 10.2. The number of ether oxygens (including phenoxy) is 2. The highest BCUT2D eigenvalue weighted by Gasteiger charge is 2.18. The summed E-state index contributed by atoms with van der Waals surface area (Å²) in [7, 11) is 0. The van der Waals surface area contributed by atoms with Crippen molar-refractivity contribution in [2.24, 2.45) is 0 Å². The maximum absolute atomic E-state index is 10.1. The fraction of sp³-hybridized carbons (Fsp3) is 0.625.